The Bertz CT molecular complexity index is 386. The first kappa shape index (κ1) is 18.4. The largest absolute Gasteiger partial charge is 0.388 e. The van der Waals surface area contributed by atoms with Crippen LogP contribution in [0.3, 0.4) is 0 Å². The van der Waals surface area contributed by atoms with Crippen LogP contribution in [0.25, 0.3) is 0 Å². The standard InChI is InChI=1S/C15H27N5O2/c1-2-22-11-3-4-19-15(21)14(12-16)13-18-7-10-20-8-5-17-6-9-20/h13,17-18H,2-11H2,1H3,(H,19,21)/b14-13-. The Balaban J connectivity index is 2.18. The topological polar surface area (TPSA) is 89.4 Å². The molecule has 0 unspecified atom stereocenters. The van der Waals surface area contributed by atoms with Gasteiger partial charge in [0.2, 0.25) is 0 Å². The van der Waals surface area contributed by atoms with Crippen molar-refractivity contribution >= 4 is 5.91 Å². The maximum atomic E-state index is 11.8. The lowest BCUT2D eigenvalue weighted by molar-refractivity contribution is -0.117. The van der Waals surface area contributed by atoms with Crippen LogP contribution in [0.1, 0.15) is 13.3 Å². The van der Waals surface area contributed by atoms with Gasteiger partial charge in [0.15, 0.2) is 0 Å². The SMILES string of the molecule is CCOCCCNC(=O)/C(C#N)=C\NCCN1CCNCC1. The lowest BCUT2D eigenvalue weighted by atomic mass is 10.3. The predicted octanol–water partition coefficient (Wildman–Crippen LogP) is -0.569. The third kappa shape index (κ3) is 7.98. The number of rotatable bonds is 10. The molecule has 0 aromatic heterocycles. The van der Waals surface area contributed by atoms with Crippen molar-refractivity contribution in [3.05, 3.63) is 11.8 Å². The van der Waals surface area contributed by atoms with Gasteiger partial charge in [0.05, 0.1) is 0 Å². The average molecular weight is 309 g/mol. The van der Waals surface area contributed by atoms with Gasteiger partial charge in [0, 0.05) is 65.2 Å². The van der Waals surface area contributed by atoms with E-state index >= 15 is 0 Å². The fourth-order valence-electron chi connectivity index (χ4n) is 2.10. The molecule has 0 aliphatic carbocycles. The zero-order valence-corrected chi connectivity index (χ0v) is 13.4. The van der Waals surface area contributed by atoms with Gasteiger partial charge in [-0.1, -0.05) is 0 Å². The Morgan fingerprint density at radius 1 is 1.41 bits per heavy atom. The van der Waals surface area contributed by atoms with Gasteiger partial charge in [-0.2, -0.15) is 5.26 Å². The molecule has 1 heterocycles. The normalized spacial score (nSPS) is 16.1. The Hall–Kier alpha value is -1.62. The lowest BCUT2D eigenvalue weighted by Gasteiger charge is -2.26. The summed E-state index contributed by atoms with van der Waals surface area (Å²) >= 11 is 0. The minimum absolute atomic E-state index is 0.108. The van der Waals surface area contributed by atoms with Crippen LogP contribution in [-0.4, -0.2) is 69.8 Å². The summed E-state index contributed by atoms with van der Waals surface area (Å²) in [5.74, 6) is -0.339. The third-order valence-corrected chi connectivity index (χ3v) is 3.35. The highest BCUT2D eigenvalue weighted by atomic mass is 16.5. The smallest absolute Gasteiger partial charge is 0.263 e. The highest BCUT2D eigenvalue weighted by Gasteiger charge is 2.09. The molecule has 0 aromatic carbocycles. The van der Waals surface area contributed by atoms with Crippen molar-refractivity contribution in [1.82, 2.24) is 20.9 Å². The second-order valence-corrected chi connectivity index (χ2v) is 5.02. The maximum Gasteiger partial charge on any atom is 0.263 e. The minimum atomic E-state index is -0.339. The number of carbonyl (C=O) groups is 1. The fourth-order valence-corrected chi connectivity index (χ4v) is 2.10. The van der Waals surface area contributed by atoms with E-state index < -0.39 is 0 Å². The molecule has 0 radical (unpaired) electrons. The van der Waals surface area contributed by atoms with Crippen molar-refractivity contribution in [3.8, 4) is 6.07 Å². The second kappa shape index (κ2) is 12.0. The highest BCUT2D eigenvalue weighted by molar-refractivity contribution is 5.97. The van der Waals surface area contributed by atoms with Crippen LogP contribution in [0.2, 0.25) is 0 Å². The number of amides is 1. The number of nitriles is 1. The van der Waals surface area contributed by atoms with Crippen LogP contribution in [0.4, 0.5) is 0 Å². The van der Waals surface area contributed by atoms with E-state index in [0.717, 1.165) is 45.7 Å². The molecule has 1 fully saturated rings. The number of ether oxygens (including phenoxy) is 1. The first-order chi connectivity index (χ1) is 10.8. The van der Waals surface area contributed by atoms with Gasteiger partial charge in [0.1, 0.15) is 11.6 Å². The molecule has 7 nitrogen and oxygen atoms in total. The molecular weight excluding hydrogens is 282 g/mol. The molecule has 0 spiro atoms. The van der Waals surface area contributed by atoms with Crippen molar-refractivity contribution in [2.24, 2.45) is 0 Å². The monoisotopic (exact) mass is 309 g/mol. The quantitative estimate of drug-likeness (QED) is 0.284. The summed E-state index contributed by atoms with van der Waals surface area (Å²) in [4.78, 5) is 14.1. The Kier molecular flexibility index (Phi) is 10.0. The van der Waals surface area contributed by atoms with Crippen LogP contribution in [0, 0.1) is 11.3 Å². The first-order valence-corrected chi connectivity index (χ1v) is 7.90. The molecular formula is C15H27N5O2. The zero-order valence-electron chi connectivity index (χ0n) is 13.4. The van der Waals surface area contributed by atoms with Gasteiger partial charge in [-0.15, -0.1) is 0 Å². The molecule has 1 saturated heterocycles. The Morgan fingerprint density at radius 3 is 2.86 bits per heavy atom. The summed E-state index contributed by atoms with van der Waals surface area (Å²) < 4.78 is 5.19. The van der Waals surface area contributed by atoms with Gasteiger partial charge in [0.25, 0.3) is 5.91 Å². The van der Waals surface area contributed by atoms with Gasteiger partial charge < -0.3 is 20.7 Å². The fraction of sp³-hybridized carbons (Fsp3) is 0.733. The van der Waals surface area contributed by atoms with Crippen molar-refractivity contribution in [2.45, 2.75) is 13.3 Å². The van der Waals surface area contributed by atoms with Gasteiger partial charge >= 0.3 is 0 Å². The zero-order chi connectivity index (χ0) is 16.0. The number of nitrogens with zero attached hydrogens (tertiary/aromatic N) is 2. The van der Waals surface area contributed by atoms with E-state index in [1.807, 2.05) is 13.0 Å². The van der Waals surface area contributed by atoms with E-state index in [4.69, 9.17) is 10.00 Å². The van der Waals surface area contributed by atoms with Crippen molar-refractivity contribution in [3.63, 3.8) is 0 Å². The van der Waals surface area contributed by atoms with Gasteiger partial charge in [-0.05, 0) is 13.3 Å². The number of piperazine rings is 1. The molecule has 0 saturated carbocycles. The van der Waals surface area contributed by atoms with E-state index in [1.165, 1.54) is 6.20 Å². The molecule has 0 atom stereocenters. The molecule has 22 heavy (non-hydrogen) atoms. The summed E-state index contributed by atoms with van der Waals surface area (Å²) in [6.07, 6.45) is 2.24. The molecule has 1 amide bonds. The molecule has 7 heteroatoms. The van der Waals surface area contributed by atoms with Crippen molar-refractivity contribution < 1.29 is 9.53 Å². The first-order valence-electron chi connectivity index (χ1n) is 7.90. The summed E-state index contributed by atoms with van der Waals surface area (Å²) in [6, 6.07) is 1.92. The summed E-state index contributed by atoms with van der Waals surface area (Å²) in [5.41, 5.74) is 0.108. The molecule has 1 aliphatic rings. The predicted molar refractivity (Wildman–Crippen MR) is 85.1 cm³/mol. The van der Waals surface area contributed by atoms with E-state index in [1.54, 1.807) is 0 Å². The number of carbonyl (C=O) groups excluding carboxylic acids is 1. The number of nitrogens with one attached hydrogen (secondary N) is 3. The van der Waals surface area contributed by atoms with E-state index in [2.05, 4.69) is 20.9 Å². The molecule has 1 rings (SSSR count). The van der Waals surface area contributed by atoms with Crippen molar-refractivity contribution in [2.75, 3.05) is 59.0 Å². The minimum Gasteiger partial charge on any atom is -0.388 e. The molecule has 0 aromatic rings. The molecule has 3 N–H and O–H groups in total. The Labute approximate surface area is 132 Å². The highest BCUT2D eigenvalue weighted by Crippen LogP contribution is 1.93. The van der Waals surface area contributed by atoms with Gasteiger partial charge in [-0.3, -0.25) is 9.69 Å². The van der Waals surface area contributed by atoms with Crippen LogP contribution in [0.5, 0.6) is 0 Å². The molecule has 1 aliphatic heterocycles. The maximum absolute atomic E-state index is 11.8. The van der Waals surface area contributed by atoms with Crippen LogP contribution in [0.15, 0.2) is 11.8 Å². The van der Waals surface area contributed by atoms with E-state index in [9.17, 15) is 4.79 Å². The third-order valence-electron chi connectivity index (χ3n) is 3.35. The number of hydrogen-bond acceptors (Lipinski definition) is 6. The average Bonchev–Trinajstić information content (AvgIpc) is 2.55. The molecule has 0 bridgehead atoms. The summed E-state index contributed by atoms with van der Waals surface area (Å²) in [5, 5.41) is 18.1. The van der Waals surface area contributed by atoms with Crippen molar-refractivity contribution in [1.29, 1.82) is 5.26 Å². The molecule has 124 valence electrons. The van der Waals surface area contributed by atoms with Gasteiger partial charge in [-0.25, -0.2) is 0 Å². The Morgan fingerprint density at radius 2 is 2.18 bits per heavy atom. The summed E-state index contributed by atoms with van der Waals surface area (Å²) in [7, 11) is 0. The van der Waals surface area contributed by atoms with Crippen LogP contribution in [-0.2, 0) is 9.53 Å². The van der Waals surface area contributed by atoms with Crippen LogP contribution < -0.4 is 16.0 Å². The van der Waals surface area contributed by atoms with E-state index in [-0.39, 0.29) is 11.5 Å². The summed E-state index contributed by atoms with van der Waals surface area (Å²) in [6.45, 7) is 9.48. The lowest BCUT2D eigenvalue weighted by Crippen LogP contribution is -2.45. The number of hydrogen-bond donors (Lipinski definition) is 3. The second-order valence-electron chi connectivity index (χ2n) is 5.02. The van der Waals surface area contributed by atoms with E-state index in [0.29, 0.717) is 19.8 Å². The van der Waals surface area contributed by atoms with Crippen LogP contribution >= 0.6 is 0 Å².